The maximum atomic E-state index is 6.11. The number of morpholine rings is 1. The van der Waals surface area contributed by atoms with Crippen LogP contribution in [0.4, 0.5) is 0 Å². The highest BCUT2D eigenvalue weighted by Crippen LogP contribution is 2.26. The second kappa shape index (κ2) is 12.3. The lowest BCUT2D eigenvalue weighted by atomic mass is 10.00. The number of nitrogens with one attached hydrogen (secondary N) is 1. The van der Waals surface area contributed by atoms with Crippen molar-refractivity contribution in [2.45, 2.75) is 53.2 Å². The lowest BCUT2D eigenvalue weighted by Crippen LogP contribution is -2.48. The zero-order valence-corrected chi connectivity index (χ0v) is 21.1. The topological polar surface area (TPSA) is 54.7 Å². The molecule has 30 heavy (non-hydrogen) atoms. The summed E-state index contributed by atoms with van der Waals surface area (Å²) >= 11 is 0. The maximum Gasteiger partial charge on any atom is 0.194 e. The van der Waals surface area contributed by atoms with Crippen LogP contribution < -0.4 is 5.32 Å². The molecule has 2 aromatic rings. The van der Waals surface area contributed by atoms with Crippen molar-refractivity contribution >= 4 is 29.9 Å². The van der Waals surface area contributed by atoms with Crippen molar-refractivity contribution in [3.05, 3.63) is 53.1 Å². The average molecular weight is 525 g/mol. The molecule has 0 saturated carbocycles. The van der Waals surface area contributed by atoms with Gasteiger partial charge in [0.2, 0.25) is 0 Å². The first-order valence-electron chi connectivity index (χ1n) is 10.8. The number of imidazole rings is 1. The van der Waals surface area contributed by atoms with E-state index >= 15 is 0 Å². The number of nitrogens with zero attached hydrogens (tertiary/aromatic N) is 4. The Morgan fingerprint density at radius 2 is 2.10 bits per heavy atom. The molecule has 1 fully saturated rings. The number of aryl methyl sites for hydroxylation is 4. The fourth-order valence-electron chi connectivity index (χ4n) is 3.86. The van der Waals surface area contributed by atoms with E-state index in [2.05, 4.69) is 58.7 Å². The van der Waals surface area contributed by atoms with Gasteiger partial charge in [-0.05, 0) is 51.7 Å². The van der Waals surface area contributed by atoms with Crippen molar-refractivity contribution in [1.29, 1.82) is 0 Å². The Bertz CT molecular complexity index is 820. The van der Waals surface area contributed by atoms with Crippen LogP contribution in [0.1, 0.15) is 48.4 Å². The minimum Gasteiger partial charge on any atom is -0.370 e. The molecule has 1 unspecified atom stereocenters. The summed E-state index contributed by atoms with van der Waals surface area (Å²) in [4.78, 5) is 11.5. The van der Waals surface area contributed by atoms with E-state index in [0.717, 1.165) is 64.0 Å². The fraction of sp³-hybridized carbons (Fsp3) is 0.565. The minimum absolute atomic E-state index is 0. The first-order chi connectivity index (χ1) is 14.1. The summed E-state index contributed by atoms with van der Waals surface area (Å²) < 4.78 is 8.31. The molecule has 166 valence electrons. The zero-order valence-electron chi connectivity index (χ0n) is 18.7. The Labute approximate surface area is 198 Å². The molecule has 2 heterocycles. The smallest absolute Gasteiger partial charge is 0.194 e. The first kappa shape index (κ1) is 24.7. The van der Waals surface area contributed by atoms with Crippen LogP contribution in [0.25, 0.3) is 0 Å². The number of rotatable bonds is 7. The third kappa shape index (κ3) is 6.70. The maximum absolute atomic E-state index is 6.11. The molecule has 1 aliphatic heterocycles. The highest BCUT2D eigenvalue weighted by Gasteiger charge is 2.25. The van der Waals surface area contributed by atoms with Gasteiger partial charge in [0.1, 0.15) is 11.9 Å². The van der Waals surface area contributed by atoms with E-state index in [-0.39, 0.29) is 30.1 Å². The number of hydrogen-bond donors (Lipinski definition) is 1. The Balaban J connectivity index is 0.00000320. The highest BCUT2D eigenvalue weighted by molar-refractivity contribution is 14.0. The molecule has 1 aliphatic rings. The second-order valence-electron chi connectivity index (χ2n) is 7.78. The summed E-state index contributed by atoms with van der Waals surface area (Å²) in [6.07, 6.45) is 6.17. The first-order valence-corrected chi connectivity index (χ1v) is 10.8. The van der Waals surface area contributed by atoms with Gasteiger partial charge >= 0.3 is 0 Å². The van der Waals surface area contributed by atoms with Crippen molar-refractivity contribution < 1.29 is 4.74 Å². The number of halogens is 1. The summed E-state index contributed by atoms with van der Waals surface area (Å²) in [5, 5.41) is 3.47. The van der Waals surface area contributed by atoms with Gasteiger partial charge in [0.25, 0.3) is 0 Å². The molecule has 0 bridgehead atoms. The molecule has 6 nitrogen and oxygen atoms in total. The Morgan fingerprint density at radius 3 is 2.80 bits per heavy atom. The van der Waals surface area contributed by atoms with Gasteiger partial charge in [0.05, 0.1) is 13.2 Å². The number of ether oxygens (including phenoxy) is 1. The fourth-order valence-corrected chi connectivity index (χ4v) is 3.86. The monoisotopic (exact) mass is 525 g/mol. The van der Waals surface area contributed by atoms with Crippen molar-refractivity contribution in [2.75, 3.05) is 32.8 Å². The van der Waals surface area contributed by atoms with Gasteiger partial charge < -0.3 is 19.5 Å². The van der Waals surface area contributed by atoms with Gasteiger partial charge in [-0.3, -0.25) is 4.99 Å². The number of aliphatic imine (C=N–C) groups is 1. The van der Waals surface area contributed by atoms with Crippen LogP contribution in [-0.4, -0.2) is 53.2 Å². The highest BCUT2D eigenvalue weighted by atomic mass is 127. The zero-order chi connectivity index (χ0) is 20.6. The van der Waals surface area contributed by atoms with Crippen LogP contribution in [0.3, 0.4) is 0 Å². The van der Waals surface area contributed by atoms with Crippen molar-refractivity contribution in [3.8, 4) is 0 Å². The predicted molar refractivity (Wildman–Crippen MR) is 134 cm³/mol. The molecule has 3 rings (SSSR count). The summed E-state index contributed by atoms with van der Waals surface area (Å²) in [6.45, 7) is 13.6. The van der Waals surface area contributed by atoms with Gasteiger partial charge in [0, 0.05) is 38.6 Å². The van der Waals surface area contributed by atoms with Crippen molar-refractivity contribution in [1.82, 2.24) is 19.8 Å². The van der Waals surface area contributed by atoms with E-state index in [1.807, 2.05) is 19.3 Å². The van der Waals surface area contributed by atoms with E-state index in [1.54, 1.807) is 0 Å². The third-order valence-electron chi connectivity index (χ3n) is 5.47. The molecule has 0 spiro atoms. The number of benzene rings is 1. The Hall–Kier alpha value is -1.61. The van der Waals surface area contributed by atoms with Gasteiger partial charge in [-0.25, -0.2) is 4.98 Å². The lowest BCUT2D eigenvalue weighted by Gasteiger charge is -2.36. The van der Waals surface area contributed by atoms with Gasteiger partial charge in [-0.15, -0.1) is 24.0 Å². The molecule has 1 aromatic carbocycles. The van der Waals surface area contributed by atoms with E-state index in [0.29, 0.717) is 0 Å². The quantitative estimate of drug-likeness (QED) is 0.254. The summed E-state index contributed by atoms with van der Waals surface area (Å²) in [7, 11) is 0. The van der Waals surface area contributed by atoms with Crippen LogP contribution in [0.2, 0.25) is 0 Å². The molecule has 0 radical (unpaired) electrons. The summed E-state index contributed by atoms with van der Waals surface area (Å²) in [5.41, 5.74) is 3.88. The molecule has 0 amide bonds. The third-order valence-corrected chi connectivity index (χ3v) is 5.47. The molecule has 1 atom stereocenters. The largest absolute Gasteiger partial charge is 0.370 e. The van der Waals surface area contributed by atoms with E-state index in [4.69, 9.17) is 9.73 Å². The molecule has 1 saturated heterocycles. The Morgan fingerprint density at radius 1 is 1.27 bits per heavy atom. The summed E-state index contributed by atoms with van der Waals surface area (Å²) in [5.74, 6) is 2.08. The van der Waals surface area contributed by atoms with Gasteiger partial charge in [-0.1, -0.05) is 23.8 Å². The second-order valence-corrected chi connectivity index (χ2v) is 7.78. The number of aromatic nitrogens is 2. The number of hydrogen-bond acceptors (Lipinski definition) is 3. The standard InChI is InChI=1S/C23H35N5O.HI/c1-5-24-23(26-10-6-7-12-27-13-11-25-20(27)4)28-14-15-29-22(17-28)21-9-8-18(2)16-19(21)3;/h8-9,11,13,16,22H,5-7,10,12,14-15,17H2,1-4H3,(H,24,26);1H. The van der Waals surface area contributed by atoms with E-state index in [9.17, 15) is 0 Å². The summed E-state index contributed by atoms with van der Waals surface area (Å²) in [6, 6.07) is 6.62. The van der Waals surface area contributed by atoms with Crippen LogP contribution in [0.15, 0.2) is 35.6 Å². The number of unbranched alkanes of at least 4 members (excludes halogenated alkanes) is 1. The molecule has 7 heteroatoms. The van der Waals surface area contributed by atoms with E-state index < -0.39 is 0 Å². The van der Waals surface area contributed by atoms with Crippen molar-refractivity contribution in [3.63, 3.8) is 0 Å². The SMILES string of the molecule is CCNC(=NCCCCn1ccnc1C)N1CCOC(c2ccc(C)cc2C)C1.I. The molecule has 0 aliphatic carbocycles. The number of guanidine groups is 1. The molecular formula is C23H36IN5O. The van der Waals surface area contributed by atoms with Gasteiger partial charge in [-0.2, -0.15) is 0 Å². The lowest BCUT2D eigenvalue weighted by molar-refractivity contribution is -0.00833. The minimum atomic E-state index is 0. The van der Waals surface area contributed by atoms with Crippen LogP contribution in [0.5, 0.6) is 0 Å². The Kier molecular flexibility index (Phi) is 10.1. The van der Waals surface area contributed by atoms with Crippen LogP contribution >= 0.6 is 24.0 Å². The average Bonchev–Trinajstić information content (AvgIpc) is 3.12. The normalized spacial score (nSPS) is 17.0. The molecular weight excluding hydrogens is 489 g/mol. The molecule has 1 aromatic heterocycles. The predicted octanol–water partition coefficient (Wildman–Crippen LogP) is 4.25. The van der Waals surface area contributed by atoms with E-state index in [1.165, 1.54) is 16.7 Å². The van der Waals surface area contributed by atoms with Crippen LogP contribution in [0, 0.1) is 20.8 Å². The van der Waals surface area contributed by atoms with Gasteiger partial charge in [0.15, 0.2) is 5.96 Å². The van der Waals surface area contributed by atoms with Crippen LogP contribution in [-0.2, 0) is 11.3 Å². The van der Waals surface area contributed by atoms with Crippen molar-refractivity contribution in [2.24, 2.45) is 4.99 Å². The molecule has 1 N–H and O–H groups in total.